The largest absolute Gasteiger partial charge is 0.480 e. The molecule has 8 nitrogen and oxygen atoms in total. The Balaban J connectivity index is 2.46. The van der Waals surface area contributed by atoms with Gasteiger partial charge in [0.1, 0.15) is 5.54 Å². The minimum atomic E-state index is -1.29. The van der Waals surface area contributed by atoms with E-state index in [0.717, 1.165) is 6.39 Å². The summed E-state index contributed by atoms with van der Waals surface area (Å²) in [4.78, 5) is 26.1. The number of hydrogen-bond donors (Lipinski definition) is 3. The van der Waals surface area contributed by atoms with E-state index in [-0.39, 0.29) is 13.0 Å². The molecule has 8 heteroatoms. The van der Waals surface area contributed by atoms with E-state index in [1.165, 1.54) is 6.92 Å². The average molecular weight is 242 g/mol. The normalized spacial score (nSPS) is 13.8. The quantitative estimate of drug-likeness (QED) is 0.675. The van der Waals surface area contributed by atoms with E-state index in [0.29, 0.717) is 5.82 Å². The van der Waals surface area contributed by atoms with Crippen molar-refractivity contribution in [2.45, 2.75) is 32.4 Å². The third-order valence-electron chi connectivity index (χ3n) is 2.38. The van der Waals surface area contributed by atoms with Crippen LogP contribution in [0.1, 0.15) is 26.1 Å². The molecule has 0 aliphatic heterocycles. The molecule has 0 radical (unpaired) electrons. The summed E-state index contributed by atoms with van der Waals surface area (Å²) in [6.45, 7) is 3.18. The van der Waals surface area contributed by atoms with Crippen molar-refractivity contribution in [3.8, 4) is 0 Å². The van der Waals surface area contributed by atoms with Gasteiger partial charge in [-0.05, 0) is 13.3 Å². The molecule has 0 saturated heterocycles. The summed E-state index contributed by atoms with van der Waals surface area (Å²) in [6.07, 6.45) is 1.42. The van der Waals surface area contributed by atoms with E-state index in [1.54, 1.807) is 6.92 Å². The van der Waals surface area contributed by atoms with Gasteiger partial charge in [0.05, 0.1) is 6.54 Å². The molecule has 1 heterocycles. The van der Waals surface area contributed by atoms with Crippen LogP contribution in [0.25, 0.3) is 0 Å². The first-order chi connectivity index (χ1) is 7.98. The van der Waals surface area contributed by atoms with Crippen molar-refractivity contribution in [2.75, 3.05) is 0 Å². The van der Waals surface area contributed by atoms with E-state index in [1.807, 2.05) is 0 Å². The number of nitrogens with zero attached hydrogens (tertiary/aromatic N) is 2. The standard InChI is InChI=1S/C9H14N4O4/c1-3-9(2,7(14)15)12-8(16)10-4-6-11-5-17-13-6/h5H,3-4H2,1-2H3,(H,14,15)(H2,10,12,16). The molecule has 1 rings (SSSR count). The second-order valence-corrected chi connectivity index (χ2v) is 3.65. The van der Waals surface area contributed by atoms with Gasteiger partial charge in [-0.1, -0.05) is 12.1 Å². The number of aromatic nitrogens is 2. The van der Waals surface area contributed by atoms with Crippen LogP contribution in [0.4, 0.5) is 4.79 Å². The first kappa shape index (κ1) is 12.9. The number of amides is 2. The van der Waals surface area contributed by atoms with Crippen molar-refractivity contribution in [3.63, 3.8) is 0 Å². The maximum atomic E-state index is 11.4. The van der Waals surface area contributed by atoms with E-state index >= 15 is 0 Å². The molecule has 0 fully saturated rings. The van der Waals surface area contributed by atoms with Gasteiger partial charge in [-0.25, -0.2) is 9.59 Å². The summed E-state index contributed by atoms with van der Waals surface area (Å²) in [7, 11) is 0. The van der Waals surface area contributed by atoms with Crippen molar-refractivity contribution < 1.29 is 19.2 Å². The minimum absolute atomic E-state index is 0.0712. The zero-order valence-electron chi connectivity index (χ0n) is 9.56. The van der Waals surface area contributed by atoms with Crippen molar-refractivity contribution in [1.29, 1.82) is 0 Å². The SMILES string of the molecule is CCC(C)(NC(=O)NCc1ncon1)C(=O)O. The molecule has 3 N–H and O–H groups in total. The Morgan fingerprint density at radius 1 is 1.59 bits per heavy atom. The Morgan fingerprint density at radius 3 is 2.76 bits per heavy atom. The topological polar surface area (TPSA) is 117 Å². The van der Waals surface area contributed by atoms with Gasteiger partial charge >= 0.3 is 12.0 Å². The van der Waals surface area contributed by atoms with Crippen LogP contribution in [0.3, 0.4) is 0 Å². The number of hydrogen-bond acceptors (Lipinski definition) is 5. The Bertz CT molecular complexity index is 392. The second kappa shape index (κ2) is 5.28. The first-order valence-electron chi connectivity index (χ1n) is 5.02. The molecule has 2 amide bonds. The van der Waals surface area contributed by atoms with Gasteiger partial charge in [-0.3, -0.25) is 0 Å². The Hall–Kier alpha value is -2.12. The fourth-order valence-electron chi connectivity index (χ4n) is 1.02. The molecule has 1 unspecified atom stereocenters. The lowest BCUT2D eigenvalue weighted by Crippen LogP contribution is -2.54. The zero-order chi connectivity index (χ0) is 12.9. The van der Waals surface area contributed by atoms with Crippen molar-refractivity contribution in [2.24, 2.45) is 0 Å². The molecule has 0 bridgehead atoms. The van der Waals surface area contributed by atoms with E-state index in [2.05, 4.69) is 25.3 Å². The first-order valence-corrected chi connectivity index (χ1v) is 5.02. The van der Waals surface area contributed by atoms with Crippen LogP contribution in [0.2, 0.25) is 0 Å². The van der Waals surface area contributed by atoms with Crippen LogP contribution < -0.4 is 10.6 Å². The molecule has 1 aromatic heterocycles. The summed E-state index contributed by atoms with van der Waals surface area (Å²) < 4.78 is 4.48. The van der Waals surface area contributed by atoms with E-state index < -0.39 is 17.5 Å². The third kappa shape index (κ3) is 3.44. The van der Waals surface area contributed by atoms with Crippen LogP contribution in [-0.2, 0) is 11.3 Å². The molecular formula is C9H14N4O4. The molecule has 1 atom stereocenters. The fourth-order valence-corrected chi connectivity index (χ4v) is 1.02. The lowest BCUT2D eigenvalue weighted by molar-refractivity contribution is -0.143. The average Bonchev–Trinajstić information content (AvgIpc) is 2.78. The molecule has 0 saturated carbocycles. The molecule has 1 aromatic rings. The van der Waals surface area contributed by atoms with Crippen molar-refractivity contribution in [1.82, 2.24) is 20.8 Å². The minimum Gasteiger partial charge on any atom is -0.480 e. The molecule has 94 valence electrons. The van der Waals surface area contributed by atoms with Gasteiger partial charge in [0.25, 0.3) is 0 Å². The maximum absolute atomic E-state index is 11.4. The second-order valence-electron chi connectivity index (χ2n) is 3.65. The van der Waals surface area contributed by atoms with Gasteiger partial charge in [0.2, 0.25) is 6.39 Å². The smallest absolute Gasteiger partial charge is 0.329 e. The van der Waals surface area contributed by atoms with Gasteiger partial charge in [0, 0.05) is 0 Å². The predicted octanol–water partition coefficient (Wildman–Crippen LogP) is 0.122. The lowest BCUT2D eigenvalue weighted by atomic mass is 10.00. The number of carbonyl (C=O) groups excluding carboxylic acids is 1. The van der Waals surface area contributed by atoms with Crippen LogP contribution in [0, 0.1) is 0 Å². The van der Waals surface area contributed by atoms with Crippen LogP contribution >= 0.6 is 0 Å². The summed E-state index contributed by atoms with van der Waals surface area (Å²) in [6, 6.07) is -0.596. The number of nitrogens with one attached hydrogen (secondary N) is 2. The van der Waals surface area contributed by atoms with Crippen LogP contribution in [0.5, 0.6) is 0 Å². The Labute approximate surface area is 97.4 Å². The van der Waals surface area contributed by atoms with Crippen molar-refractivity contribution in [3.05, 3.63) is 12.2 Å². The fraction of sp³-hybridized carbons (Fsp3) is 0.556. The molecular weight excluding hydrogens is 228 g/mol. The monoisotopic (exact) mass is 242 g/mol. The summed E-state index contributed by atoms with van der Waals surface area (Å²) in [5.41, 5.74) is -1.29. The van der Waals surface area contributed by atoms with Crippen molar-refractivity contribution >= 4 is 12.0 Å². The van der Waals surface area contributed by atoms with Crippen LogP contribution in [-0.4, -0.2) is 32.8 Å². The molecule has 0 aliphatic carbocycles. The highest BCUT2D eigenvalue weighted by Gasteiger charge is 2.32. The van der Waals surface area contributed by atoms with Gasteiger partial charge in [0.15, 0.2) is 5.82 Å². The van der Waals surface area contributed by atoms with Gasteiger partial charge in [-0.15, -0.1) is 0 Å². The zero-order valence-corrected chi connectivity index (χ0v) is 9.56. The Kier molecular flexibility index (Phi) is 4.02. The number of rotatable bonds is 5. The maximum Gasteiger partial charge on any atom is 0.329 e. The third-order valence-corrected chi connectivity index (χ3v) is 2.38. The lowest BCUT2D eigenvalue weighted by Gasteiger charge is -2.24. The summed E-state index contributed by atoms with van der Waals surface area (Å²) >= 11 is 0. The predicted molar refractivity (Wildman–Crippen MR) is 56.0 cm³/mol. The number of urea groups is 1. The molecule has 0 aromatic carbocycles. The van der Waals surface area contributed by atoms with Gasteiger partial charge < -0.3 is 20.3 Å². The molecule has 0 aliphatic rings. The number of carbonyl (C=O) groups is 2. The number of carboxylic acids is 1. The highest BCUT2D eigenvalue weighted by atomic mass is 16.5. The van der Waals surface area contributed by atoms with E-state index in [9.17, 15) is 9.59 Å². The summed E-state index contributed by atoms with van der Waals surface area (Å²) in [5.74, 6) is -0.775. The Morgan fingerprint density at radius 2 is 2.29 bits per heavy atom. The van der Waals surface area contributed by atoms with Crippen LogP contribution in [0.15, 0.2) is 10.9 Å². The number of carboxylic acid groups (broad SMARTS) is 1. The number of aliphatic carboxylic acids is 1. The highest BCUT2D eigenvalue weighted by molar-refractivity contribution is 5.85. The molecule has 0 spiro atoms. The highest BCUT2D eigenvalue weighted by Crippen LogP contribution is 2.08. The van der Waals surface area contributed by atoms with Gasteiger partial charge in [-0.2, -0.15) is 4.98 Å². The summed E-state index contributed by atoms with van der Waals surface area (Å²) in [5, 5.41) is 17.2. The molecule has 17 heavy (non-hydrogen) atoms. The van der Waals surface area contributed by atoms with E-state index in [4.69, 9.17) is 5.11 Å².